The van der Waals surface area contributed by atoms with E-state index >= 15 is 0 Å². The lowest BCUT2D eigenvalue weighted by Gasteiger charge is -2.33. The Morgan fingerprint density at radius 1 is 0.818 bits per heavy atom. The summed E-state index contributed by atoms with van der Waals surface area (Å²) < 4.78 is 128. The van der Waals surface area contributed by atoms with Gasteiger partial charge in [0.1, 0.15) is 6.17 Å². The summed E-state index contributed by atoms with van der Waals surface area (Å²) >= 11 is 0. The zero-order valence-corrected chi connectivity index (χ0v) is 12.5. The molecule has 0 aliphatic rings. The number of hydrogen-bond acceptors (Lipinski definition) is 3. The number of hydrogen-bond donors (Lipinski definition) is 0. The fourth-order valence-corrected chi connectivity index (χ4v) is 3.12. The molecular formula is C9H13F9O3Si. The second kappa shape index (κ2) is 6.92. The van der Waals surface area contributed by atoms with Crippen LogP contribution in [0.25, 0.3) is 0 Å². The molecule has 0 heterocycles. The third-order valence-electron chi connectivity index (χ3n) is 2.82. The Morgan fingerprint density at radius 2 is 1.18 bits per heavy atom. The van der Waals surface area contributed by atoms with Crippen molar-refractivity contribution in [3.63, 3.8) is 0 Å². The fourth-order valence-electron chi connectivity index (χ4n) is 1.43. The van der Waals surface area contributed by atoms with Crippen LogP contribution in [0.15, 0.2) is 0 Å². The molecule has 2 atom stereocenters. The molecule has 0 saturated carbocycles. The molecule has 0 bridgehead atoms. The van der Waals surface area contributed by atoms with Crippen LogP contribution in [0.3, 0.4) is 0 Å². The van der Waals surface area contributed by atoms with Crippen molar-refractivity contribution in [3.8, 4) is 0 Å². The summed E-state index contributed by atoms with van der Waals surface area (Å²) in [5.41, 5.74) is 0. The van der Waals surface area contributed by atoms with Gasteiger partial charge in [-0.05, 0) is 0 Å². The summed E-state index contributed by atoms with van der Waals surface area (Å²) in [5.74, 6) is -13.1. The molecule has 0 N–H and O–H groups in total. The summed E-state index contributed by atoms with van der Waals surface area (Å²) in [6.07, 6.45) is -14.6. The van der Waals surface area contributed by atoms with Gasteiger partial charge in [-0.2, -0.15) is 30.7 Å². The van der Waals surface area contributed by atoms with Crippen molar-refractivity contribution in [1.82, 2.24) is 0 Å². The van der Waals surface area contributed by atoms with E-state index < -0.39 is 45.2 Å². The quantitative estimate of drug-likeness (QED) is 0.486. The van der Waals surface area contributed by atoms with Crippen molar-refractivity contribution in [3.05, 3.63) is 0 Å². The third-order valence-corrected chi connectivity index (χ3v) is 5.57. The molecule has 0 spiro atoms. The monoisotopic (exact) mass is 368 g/mol. The number of alkyl halides is 9. The van der Waals surface area contributed by atoms with Gasteiger partial charge in [0, 0.05) is 21.3 Å². The molecule has 0 amide bonds. The van der Waals surface area contributed by atoms with Crippen LogP contribution in [0.4, 0.5) is 39.5 Å². The molecule has 0 rings (SSSR count). The summed E-state index contributed by atoms with van der Waals surface area (Å²) in [4.78, 5) is 0. The average Bonchev–Trinajstić information content (AvgIpc) is 2.42. The first-order valence-corrected chi connectivity index (χ1v) is 7.41. The van der Waals surface area contributed by atoms with Crippen molar-refractivity contribution in [2.75, 3.05) is 21.3 Å². The van der Waals surface area contributed by atoms with Gasteiger partial charge in [0.05, 0.1) is 6.04 Å². The van der Waals surface area contributed by atoms with E-state index in [-0.39, 0.29) is 0 Å². The lowest BCUT2D eigenvalue weighted by Crippen LogP contribution is -2.59. The first-order valence-electron chi connectivity index (χ1n) is 5.48. The van der Waals surface area contributed by atoms with E-state index in [2.05, 4.69) is 13.3 Å². The molecule has 134 valence electrons. The molecule has 0 saturated heterocycles. The maximum absolute atomic E-state index is 13.5. The second-order valence-corrected chi connectivity index (χ2v) is 7.11. The van der Waals surface area contributed by atoms with Crippen LogP contribution in [0.1, 0.15) is 0 Å². The predicted octanol–water partition coefficient (Wildman–Crippen LogP) is 3.37. The Hall–Kier alpha value is -0.533. The highest BCUT2D eigenvalue weighted by atomic mass is 28.4. The molecule has 0 aromatic rings. The maximum atomic E-state index is 13.5. The molecule has 0 aromatic heterocycles. The van der Waals surface area contributed by atoms with E-state index in [1.165, 1.54) is 0 Å². The molecule has 2 unspecified atom stereocenters. The molecule has 0 radical (unpaired) electrons. The molecule has 0 aromatic carbocycles. The van der Waals surface area contributed by atoms with Crippen LogP contribution in [-0.4, -0.2) is 60.5 Å². The molecule has 22 heavy (non-hydrogen) atoms. The van der Waals surface area contributed by atoms with Gasteiger partial charge >= 0.3 is 26.8 Å². The third kappa shape index (κ3) is 3.86. The van der Waals surface area contributed by atoms with Crippen molar-refractivity contribution in [2.24, 2.45) is 0 Å². The van der Waals surface area contributed by atoms with Crippen LogP contribution < -0.4 is 0 Å². The molecule has 0 fully saturated rings. The minimum absolute atomic E-state index is 0.891. The van der Waals surface area contributed by atoms with Crippen molar-refractivity contribution < 1.29 is 52.8 Å². The SMILES string of the molecule is CO[Si](CC(F)C(F)C(F)(F)C(F)(F)C(F)(F)F)(OC)OC. The zero-order chi connectivity index (χ0) is 18.0. The highest BCUT2D eigenvalue weighted by Crippen LogP contribution is 2.50. The smallest absolute Gasteiger partial charge is 0.377 e. The summed E-state index contributed by atoms with van der Waals surface area (Å²) in [5, 5.41) is 0. The van der Waals surface area contributed by atoms with Crippen molar-refractivity contribution >= 4 is 8.80 Å². The van der Waals surface area contributed by atoms with Crippen LogP contribution in [0, 0.1) is 0 Å². The Bertz CT molecular complexity index is 350. The van der Waals surface area contributed by atoms with Crippen molar-refractivity contribution in [2.45, 2.75) is 36.4 Å². The molecule has 13 heteroatoms. The highest BCUT2D eigenvalue weighted by Gasteiger charge is 2.77. The van der Waals surface area contributed by atoms with Gasteiger partial charge in [0.15, 0.2) is 0 Å². The topological polar surface area (TPSA) is 27.7 Å². The lowest BCUT2D eigenvalue weighted by molar-refractivity contribution is -0.368. The summed E-state index contributed by atoms with van der Waals surface area (Å²) in [7, 11) is -1.33. The largest absolute Gasteiger partial charge is 0.503 e. The van der Waals surface area contributed by atoms with Gasteiger partial charge in [0.25, 0.3) is 0 Å². The Labute approximate surface area is 120 Å². The van der Waals surface area contributed by atoms with E-state index in [9.17, 15) is 39.5 Å². The van der Waals surface area contributed by atoms with Gasteiger partial charge < -0.3 is 13.3 Å². The van der Waals surface area contributed by atoms with Crippen LogP contribution >= 0.6 is 0 Å². The Balaban J connectivity index is 5.36. The van der Waals surface area contributed by atoms with Crippen molar-refractivity contribution in [1.29, 1.82) is 0 Å². The maximum Gasteiger partial charge on any atom is 0.503 e. The molecular weight excluding hydrogens is 355 g/mol. The molecule has 3 nitrogen and oxygen atoms in total. The van der Waals surface area contributed by atoms with Crippen LogP contribution in [-0.2, 0) is 13.3 Å². The first-order chi connectivity index (χ1) is 9.72. The summed E-state index contributed by atoms with van der Waals surface area (Å²) in [6, 6.07) is -1.37. The first kappa shape index (κ1) is 21.5. The van der Waals surface area contributed by atoms with E-state index in [0.717, 1.165) is 21.3 Å². The lowest BCUT2D eigenvalue weighted by atomic mass is 10.0. The van der Waals surface area contributed by atoms with Gasteiger partial charge in [-0.15, -0.1) is 0 Å². The summed E-state index contributed by atoms with van der Waals surface area (Å²) in [6.45, 7) is 0. The molecule has 0 aliphatic heterocycles. The number of rotatable bonds is 8. The van der Waals surface area contributed by atoms with Gasteiger partial charge in [0.2, 0.25) is 6.17 Å². The van der Waals surface area contributed by atoms with Crippen LogP contribution in [0.5, 0.6) is 0 Å². The van der Waals surface area contributed by atoms with Gasteiger partial charge in [-0.3, -0.25) is 0 Å². The standard InChI is InChI=1S/C9H13F9O3Si/c1-19-22(20-2,21-3)4-5(10)6(11)7(12,13)8(14,15)9(16,17)18/h5-6H,4H2,1-3H3. The number of halogens is 9. The second-order valence-electron chi connectivity index (χ2n) is 4.11. The Kier molecular flexibility index (Phi) is 6.76. The highest BCUT2D eigenvalue weighted by molar-refractivity contribution is 6.60. The normalized spacial score (nSPS) is 17.5. The Morgan fingerprint density at radius 3 is 1.45 bits per heavy atom. The van der Waals surface area contributed by atoms with Gasteiger partial charge in [-0.25, -0.2) is 8.78 Å². The minimum Gasteiger partial charge on any atom is -0.377 e. The zero-order valence-electron chi connectivity index (χ0n) is 11.5. The van der Waals surface area contributed by atoms with E-state index in [1.54, 1.807) is 0 Å². The average molecular weight is 368 g/mol. The molecule has 0 aliphatic carbocycles. The predicted molar refractivity (Wildman–Crippen MR) is 57.3 cm³/mol. The van der Waals surface area contributed by atoms with Gasteiger partial charge in [-0.1, -0.05) is 0 Å². The van der Waals surface area contributed by atoms with E-state index in [4.69, 9.17) is 0 Å². The minimum atomic E-state index is -6.75. The van der Waals surface area contributed by atoms with E-state index in [0.29, 0.717) is 0 Å². The fraction of sp³-hybridized carbons (Fsp3) is 1.00. The van der Waals surface area contributed by atoms with Crippen LogP contribution in [0.2, 0.25) is 6.04 Å². The van der Waals surface area contributed by atoms with E-state index in [1.807, 2.05) is 0 Å².